The Balaban J connectivity index is 2.23. The minimum atomic E-state index is 0.679. The van der Waals surface area contributed by atoms with Gasteiger partial charge in [0.1, 0.15) is 0 Å². The molecule has 2 aromatic rings. The van der Waals surface area contributed by atoms with Gasteiger partial charge in [-0.25, -0.2) is 0 Å². The highest BCUT2D eigenvalue weighted by atomic mass is 35.5. The molecule has 2 rings (SSSR count). The van der Waals surface area contributed by atoms with Crippen molar-refractivity contribution in [1.29, 1.82) is 0 Å². The second kappa shape index (κ2) is 5.43. The lowest BCUT2D eigenvalue weighted by Gasteiger charge is -2.24. The molecular weight excluding hydrogens is 252 g/mol. The van der Waals surface area contributed by atoms with Gasteiger partial charge in [0.05, 0.1) is 17.9 Å². The summed E-state index contributed by atoms with van der Waals surface area (Å²) < 4.78 is 0. The number of benzene rings is 1. The number of anilines is 2. The Morgan fingerprint density at radius 3 is 2.76 bits per heavy atom. The van der Waals surface area contributed by atoms with E-state index in [9.17, 15) is 0 Å². The molecule has 2 nitrogen and oxygen atoms in total. The minimum Gasteiger partial charge on any atom is -0.397 e. The van der Waals surface area contributed by atoms with Crippen molar-refractivity contribution in [3.8, 4) is 0 Å². The molecule has 4 heteroatoms. The number of halogens is 1. The molecule has 0 aliphatic rings. The van der Waals surface area contributed by atoms with E-state index in [1.165, 1.54) is 4.88 Å². The molecule has 1 aromatic heterocycles. The van der Waals surface area contributed by atoms with Crippen molar-refractivity contribution in [2.75, 3.05) is 17.2 Å². The quantitative estimate of drug-likeness (QED) is 0.848. The predicted octanol–water partition coefficient (Wildman–Crippen LogP) is 4.01. The largest absolute Gasteiger partial charge is 0.397 e. The van der Waals surface area contributed by atoms with Gasteiger partial charge >= 0.3 is 0 Å². The molecule has 0 bridgehead atoms. The van der Waals surface area contributed by atoms with Gasteiger partial charge in [0.25, 0.3) is 0 Å². The van der Waals surface area contributed by atoms with E-state index in [1.54, 1.807) is 17.4 Å². The van der Waals surface area contributed by atoms with Crippen LogP contribution in [0.3, 0.4) is 0 Å². The predicted molar refractivity (Wildman–Crippen MR) is 76.9 cm³/mol. The molecule has 2 N–H and O–H groups in total. The lowest BCUT2D eigenvalue weighted by Crippen LogP contribution is -2.22. The van der Waals surface area contributed by atoms with E-state index in [1.807, 2.05) is 12.1 Å². The normalized spacial score (nSPS) is 10.5. The van der Waals surface area contributed by atoms with Gasteiger partial charge in [-0.05, 0) is 36.6 Å². The smallest absolute Gasteiger partial charge is 0.0604 e. The maximum atomic E-state index is 6.00. The molecule has 0 radical (unpaired) electrons. The average molecular weight is 267 g/mol. The van der Waals surface area contributed by atoms with Gasteiger partial charge in [0.2, 0.25) is 0 Å². The van der Waals surface area contributed by atoms with Crippen molar-refractivity contribution in [2.45, 2.75) is 13.5 Å². The maximum Gasteiger partial charge on any atom is 0.0604 e. The molecule has 0 saturated carbocycles. The zero-order valence-corrected chi connectivity index (χ0v) is 11.3. The third-order valence-corrected chi connectivity index (χ3v) is 3.74. The van der Waals surface area contributed by atoms with E-state index in [4.69, 9.17) is 17.3 Å². The molecule has 1 heterocycles. The first kappa shape index (κ1) is 12.3. The van der Waals surface area contributed by atoms with Crippen molar-refractivity contribution in [3.63, 3.8) is 0 Å². The number of nitrogens with zero attached hydrogens (tertiary/aromatic N) is 1. The minimum absolute atomic E-state index is 0.679. The Bertz CT molecular complexity index is 482. The second-order valence-electron chi connectivity index (χ2n) is 3.80. The summed E-state index contributed by atoms with van der Waals surface area (Å²) in [6.45, 7) is 3.94. The van der Waals surface area contributed by atoms with Gasteiger partial charge in [0, 0.05) is 16.4 Å². The van der Waals surface area contributed by atoms with Crippen LogP contribution in [0.25, 0.3) is 0 Å². The summed E-state index contributed by atoms with van der Waals surface area (Å²) >= 11 is 7.67. The molecular formula is C13H15ClN2S. The number of nitrogen functional groups attached to an aromatic ring is 1. The molecule has 1 aromatic carbocycles. The first-order valence-corrected chi connectivity index (χ1v) is 6.79. The molecule has 0 fully saturated rings. The van der Waals surface area contributed by atoms with Crippen LogP contribution in [0.5, 0.6) is 0 Å². The van der Waals surface area contributed by atoms with E-state index >= 15 is 0 Å². The molecule has 0 spiro atoms. The van der Waals surface area contributed by atoms with Gasteiger partial charge in [-0.1, -0.05) is 17.7 Å². The van der Waals surface area contributed by atoms with Gasteiger partial charge in [0.15, 0.2) is 0 Å². The van der Waals surface area contributed by atoms with Crippen LogP contribution in [0.15, 0.2) is 35.7 Å². The molecule has 90 valence electrons. The summed E-state index contributed by atoms with van der Waals surface area (Å²) in [6.07, 6.45) is 0. The molecule has 0 atom stereocenters. The van der Waals surface area contributed by atoms with Crippen LogP contribution in [0.1, 0.15) is 11.8 Å². The fraction of sp³-hybridized carbons (Fsp3) is 0.231. The highest BCUT2D eigenvalue weighted by Gasteiger charge is 2.09. The first-order valence-electron chi connectivity index (χ1n) is 5.53. The van der Waals surface area contributed by atoms with Crippen molar-refractivity contribution in [1.82, 2.24) is 0 Å². The highest BCUT2D eigenvalue weighted by Crippen LogP contribution is 2.28. The number of nitrogens with two attached hydrogens (primary N) is 1. The van der Waals surface area contributed by atoms with E-state index in [0.717, 1.165) is 24.5 Å². The second-order valence-corrected chi connectivity index (χ2v) is 5.27. The molecule has 0 aliphatic carbocycles. The van der Waals surface area contributed by atoms with Gasteiger partial charge in [-0.2, -0.15) is 0 Å². The van der Waals surface area contributed by atoms with Crippen LogP contribution >= 0.6 is 22.9 Å². The van der Waals surface area contributed by atoms with Gasteiger partial charge in [-0.15, -0.1) is 11.3 Å². The van der Waals surface area contributed by atoms with Gasteiger partial charge in [-0.3, -0.25) is 0 Å². The Morgan fingerprint density at radius 1 is 1.35 bits per heavy atom. The summed E-state index contributed by atoms with van der Waals surface area (Å²) in [7, 11) is 0. The van der Waals surface area contributed by atoms with Crippen LogP contribution < -0.4 is 10.6 Å². The topological polar surface area (TPSA) is 29.3 Å². The summed E-state index contributed by atoms with van der Waals surface area (Å²) in [6, 6.07) is 9.87. The van der Waals surface area contributed by atoms with Crippen LogP contribution in [-0.4, -0.2) is 6.54 Å². The van der Waals surface area contributed by atoms with Crippen molar-refractivity contribution >= 4 is 34.3 Å². The first-order chi connectivity index (χ1) is 8.20. The fourth-order valence-electron chi connectivity index (χ4n) is 1.77. The van der Waals surface area contributed by atoms with Crippen LogP contribution in [0.2, 0.25) is 5.02 Å². The SMILES string of the molecule is CCN(Cc1cccs1)c1ccc(Cl)cc1N. The number of hydrogen-bond acceptors (Lipinski definition) is 3. The molecule has 0 unspecified atom stereocenters. The average Bonchev–Trinajstić information content (AvgIpc) is 2.79. The Labute approximate surface area is 111 Å². The van der Waals surface area contributed by atoms with E-state index < -0.39 is 0 Å². The Morgan fingerprint density at radius 2 is 2.18 bits per heavy atom. The van der Waals surface area contributed by atoms with Gasteiger partial charge < -0.3 is 10.6 Å². The molecule has 17 heavy (non-hydrogen) atoms. The zero-order chi connectivity index (χ0) is 12.3. The summed E-state index contributed by atoms with van der Waals surface area (Å²) in [4.78, 5) is 3.58. The number of thiophene rings is 1. The highest BCUT2D eigenvalue weighted by molar-refractivity contribution is 7.09. The third-order valence-electron chi connectivity index (χ3n) is 2.64. The maximum absolute atomic E-state index is 6.00. The van der Waals surface area contributed by atoms with E-state index in [2.05, 4.69) is 29.3 Å². The van der Waals surface area contributed by atoms with Crippen molar-refractivity contribution < 1.29 is 0 Å². The lowest BCUT2D eigenvalue weighted by atomic mass is 10.2. The summed E-state index contributed by atoms with van der Waals surface area (Å²) in [5, 5.41) is 2.77. The van der Waals surface area contributed by atoms with Crippen LogP contribution in [0.4, 0.5) is 11.4 Å². The fourth-order valence-corrected chi connectivity index (χ4v) is 2.67. The number of hydrogen-bond donors (Lipinski definition) is 1. The van der Waals surface area contributed by atoms with E-state index in [0.29, 0.717) is 5.02 Å². The van der Waals surface area contributed by atoms with Crippen LogP contribution in [-0.2, 0) is 6.54 Å². The van der Waals surface area contributed by atoms with E-state index in [-0.39, 0.29) is 0 Å². The van der Waals surface area contributed by atoms with Crippen molar-refractivity contribution in [2.24, 2.45) is 0 Å². The molecule has 0 amide bonds. The molecule has 0 aliphatic heterocycles. The standard InChI is InChI=1S/C13H15ClN2S/c1-2-16(9-11-4-3-7-17-11)13-6-5-10(14)8-12(13)15/h3-8H,2,9,15H2,1H3. The lowest BCUT2D eigenvalue weighted by molar-refractivity contribution is 0.844. The Hall–Kier alpha value is -1.19. The van der Waals surface area contributed by atoms with Crippen LogP contribution in [0, 0.1) is 0 Å². The molecule has 0 saturated heterocycles. The van der Waals surface area contributed by atoms with Crippen molar-refractivity contribution in [3.05, 3.63) is 45.6 Å². The Kier molecular flexibility index (Phi) is 3.92. The number of rotatable bonds is 4. The monoisotopic (exact) mass is 266 g/mol. The summed E-state index contributed by atoms with van der Waals surface area (Å²) in [5.41, 5.74) is 7.78. The third kappa shape index (κ3) is 2.93. The zero-order valence-electron chi connectivity index (χ0n) is 9.69. The summed E-state index contributed by atoms with van der Waals surface area (Å²) in [5.74, 6) is 0.